The van der Waals surface area contributed by atoms with E-state index in [2.05, 4.69) is 15.9 Å². The monoisotopic (exact) mass is 312 g/mol. The molecule has 5 heteroatoms. The lowest BCUT2D eigenvalue weighted by atomic mass is 10.0. The number of aliphatic hydroxyl groups excluding tert-OH is 1. The van der Waals surface area contributed by atoms with Crippen LogP contribution in [0.3, 0.4) is 0 Å². The highest BCUT2D eigenvalue weighted by Gasteiger charge is 2.52. The average Bonchev–Trinajstić information content (AvgIpc) is 2.88. The van der Waals surface area contributed by atoms with E-state index in [0.717, 1.165) is 5.56 Å². The first-order valence-electron chi connectivity index (χ1n) is 5.89. The third-order valence-electron chi connectivity index (χ3n) is 3.41. The highest BCUT2D eigenvalue weighted by atomic mass is 79.9. The van der Waals surface area contributed by atoms with Gasteiger partial charge in [-0.25, -0.2) is 0 Å². The van der Waals surface area contributed by atoms with Crippen LogP contribution in [0.2, 0.25) is 0 Å². The van der Waals surface area contributed by atoms with Crippen LogP contribution in [0, 0.1) is 0 Å². The number of aliphatic hydroxyl groups is 1. The minimum Gasteiger partial charge on any atom is -0.457 e. The summed E-state index contributed by atoms with van der Waals surface area (Å²) in [4.78, 5) is 11.0. The number of alkyl halides is 1. The predicted octanol–water partition coefficient (Wildman–Crippen LogP) is 1.57. The number of fused-ring (bicyclic) bond motifs is 1. The van der Waals surface area contributed by atoms with E-state index in [1.165, 1.54) is 0 Å². The number of hydrogen-bond acceptors (Lipinski definition) is 4. The Bertz CT molecular complexity index is 450. The van der Waals surface area contributed by atoms with Crippen molar-refractivity contribution in [2.75, 3.05) is 0 Å². The van der Waals surface area contributed by atoms with Gasteiger partial charge in [-0.2, -0.15) is 0 Å². The minimum atomic E-state index is -0.786. The van der Waals surface area contributed by atoms with Crippen molar-refractivity contribution < 1.29 is 19.4 Å². The van der Waals surface area contributed by atoms with Gasteiger partial charge in [-0.3, -0.25) is 4.79 Å². The molecule has 0 unspecified atom stereocenters. The summed E-state index contributed by atoms with van der Waals surface area (Å²) in [7, 11) is 0. The molecule has 1 aromatic carbocycles. The van der Waals surface area contributed by atoms with E-state index in [1.807, 2.05) is 30.3 Å². The molecule has 1 aromatic rings. The standard InChI is InChI=1S/C13H13BrO4/c14-10(7-4-2-1-3-5-7)13-11(16)12-8(17-13)6-9(15)18-12/h1-5,8,10-13,16H,6H2/t8-,10+,11-,12+,13-/m1/s1. The Labute approximate surface area is 113 Å². The number of carbonyl (C=O) groups is 1. The summed E-state index contributed by atoms with van der Waals surface area (Å²) in [6.07, 6.45) is -1.79. The second kappa shape index (κ2) is 4.64. The van der Waals surface area contributed by atoms with Crippen LogP contribution in [-0.4, -0.2) is 35.5 Å². The largest absolute Gasteiger partial charge is 0.457 e. The maximum absolute atomic E-state index is 11.1. The lowest BCUT2D eigenvalue weighted by Crippen LogP contribution is -2.34. The summed E-state index contributed by atoms with van der Waals surface area (Å²) in [5.74, 6) is -0.298. The van der Waals surface area contributed by atoms with Crippen LogP contribution in [-0.2, 0) is 14.3 Å². The van der Waals surface area contributed by atoms with Crippen LogP contribution in [0.25, 0.3) is 0 Å². The number of hydrogen-bond donors (Lipinski definition) is 1. The molecule has 0 radical (unpaired) electrons. The molecular formula is C13H13BrO4. The van der Waals surface area contributed by atoms with Gasteiger partial charge in [-0.15, -0.1) is 0 Å². The Balaban J connectivity index is 1.77. The van der Waals surface area contributed by atoms with Crippen molar-refractivity contribution in [3.05, 3.63) is 35.9 Å². The Kier molecular flexibility index (Phi) is 3.13. The lowest BCUT2D eigenvalue weighted by molar-refractivity contribution is -0.145. The SMILES string of the molecule is O=C1C[C@H]2O[C@H]([C@@H](Br)c3ccccc3)[C@H](O)[C@H]2O1. The van der Waals surface area contributed by atoms with E-state index in [4.69, 9.17) is 9.47 Å². The Morgan fingerprint density at radius 3 is 2.72 bits per heavy atom. The fourth-order valence-corrected chi connectivity index (χ4v) is 3.25. The predicted molar refractivity (Wildman–Crippen MR) is 67.3 cm³/mol. The molecule has 0 aliphatic carbocycles. The van der Waals surface area contributed by atoms with Crippen molar-refractivity contribution in [3.8, 4) is 0 Å². The van der Waals surface area contributed by atoms with E-state index in [9.17, 15) is 9.90 Å². The van der Waals surface area contributed by atoms with Gasteiger partial charge in [-0.1, -0.05) is 46.3 Å². The van der Waals surface area contributed by atoms with Crippen LogP contribution in [0.4, 0.5) is 0 Å². The maximum atomic E-state index is 11.1. The highest BCUT2D eigenvalue weighted by Crippen LogP contribution is 2.40. The second-order valence-electron chi connectivity index (χ2n) is 4.60. The topological polar surface area (TPSA) is 55.8 Å². The maximum Gasteiger partial charge on any atom is 0.309 e. The number of benzene rings is 1. The van der Waals surface area contributed by atoms with Crippen LogP contribution in [0.15, 0.2) is 30.3 Å². The number of esters is 1. The van der Waals surface area contributed by atoms with Gasteiger partial charge in [0.05, 0.1) is 11.2 Å². The molecule has 2 heterocycles. The average molecular weight is 313 g/mol. The van der Waals surface area contributed by atoms with Crippen LogP contribution in [0.1, 0.15) is 16.8 Å². The summed E-state index contributed by atoms with van der Waals surface area (Å²) < 4.78 is 10.8. The molecule has 0 aromatic heterocycles. The van der Waals surface area contributed by atoms with Crippen LogP contribution >= 0.6 is 15.9 Å². The molecule has 1 N–H and O–H groups in total. The molecule has 0 amide bonds. The fourth-order valence-electron chi connectivity index (χ4n) is 2.51. The second-order valence-corrected chi connectivity index (χ2v) is 5.59. The van der Waals surface area contributed by atoms with E-state index < -0.39 is 18.3 Å². The number of ether oxygens (including phenoxy) is 2. The summed E-state index contributed by atoms with van der Waals surface area (Å²) in [6.45, 7) is 0. The normalized spacial score (nSPS) is 36.2. The summed E-state index contributed by atoms with van der Waals surface area (Å²) in [5.41, 5.74) is 1.04. The van der Waals surface area contributed by atoms with Crippen LogP contribution in [0.5, 0.6) is 0 Å². The van der Waals surface area contributed by atoms with E-state index >= 15 is 0 Å². The van der Waals surface area contributed by atoms with Crippen molar-refractivity contribution in [1.29, 1.82) is 0 Å². The summed E-state index contributed by atoms with van der Waals surface area (Å²) >= 11 is 3.55. The first kappa shape index (κ1) is 12.1. The quantitative estimate of drug-likeness (QED) is 0.665. The number of rotatable bonds is 2. The molecule has 18 heavy (non-hydrogen) atoms. The Morgan fingerprint density at radius 1 is 1.33 bits per heavy atom. The molecule has 2 saturated heterocycles. The molecule has 0 bridgehead atoms. The van der Waals surface area contributed by atoms with Crippen LogP contribution < -0.4 is 0 Å². The van der Waals surface area contributed by atoms with Gasteiger partial charge in [0.1, 0.15) is 18.3 Å². The molecule has 96 valence electrons. The van der Waals surface area contributed by atoms with E-state index in [0.29, 0.717) is 0 Å². The van der Waals surface area contributed by atoms with Gasteiger partial charge in [0, 0.05) is 0 Å². The van der Waals surface area contributed by atoms with Gasteiger partial charge in [-0.05, 0) is 5.56 Å². The van der Waals surface area contributed by atoms with E-state index in [1.54, 1.807) is 0 Å². The zero-order valence-corrected chi connectivity index (χ0v) is 11.1. The molecule has 2 aliphatic rings. The third kappa shape index (κ3) is 1.96. The zero-order chi connectivity index (χ0) is 12.7. The molecule has 2 aliphatic heterocycles. The highest BCUT2D eigenvalue weighted by molar-refractivity contribution is 9.09. The molecule has 0 saturated carbocycles. The van der Waals surface area contributed by atoms with Crippen molar-refractivity contribution >= 4 is 21.9 Å². The summed E-state index contributed by atoms with van der Waals surface area (Å²) in [6, 6.07) is 9.74. The summed E-state index contributed by atoms with van der Waals surface area (Å²) in [5, 5.41) is 10.2. The molecule has 3 rings (SSSR count). The van der Waals surface area contributed by atoms with Gasteiger partial charge in [0.25, 0.3) is 0 Å². The fraction of sp³-hybridized carbons (Fsp3) is 0.462. The smallest absolute Gasteiger partial charge is 0.309 e. The Hall–Kier alpha value is -0.910. The van der Waals surface area contributed by atoms with Gasteiger partial charge < -0.3 is 14.6 Å². The first-order valence-corrected chi connectivity index (χ1v) is 6.80. The first-order chi connectivity index (χ1) is 8.66. The molecule has 4 nitrogen and oxygen atoms in total. The zero-order valence-electron chi connectivity index (χ0n) is 9.53. The van der Waals surface area contributed by atoms with Crippen molar-refractivity contribution in [1.82, 2.24) is 0 Å². The lowest BCUT2D eigenvalue weighted by Gasteiger charge is -2.22. The molecule has 5 atom stereocenters. The minimum absolute atomic E-state index is 0.113. The molecule has 2 fully saturated rings. The van der Waals surface area contributed by atoms with Crippen molar-refractivity contribution in [2.45, 2.75) is 35.7 Å². The Morgan fingerprint density at radius 2 is 2.06 bits per heavy atom. The number of halogens is 1. The third-order valence-corrected chi connectivity index (χ3v) is 4.46. The van der Waals surface area contributed by atoms with Crippen molar-refractivity contribution in [2.24, 2.45) is 0 Å². The van der Waals surface area contributed by atoms with E-state index in [-0.39, 0.29) is 23.3 Å². The molecule has 0 spiro atoms. The molecular weight excluding hydrogens is 300 g/mol. The van der Waals surface area contributed by atoms with Gasteiger partial charge in [0.15, 0.2) is 6.10 Å². The van der Waals surface area contributed by atoms with Crippen molar-refractivity contribution in [3.63, 3.8) is 0 Å². The van der Waals surface area contributed by atoms with Gasteiger partial charge in [0.2, 0.25) is 0 Å². The van der Waals surface area contributed by atoms with Gasteiger partial charge >= 0.3 is 5.97 Å². The number of carbonyl (C=O) groups excluding carboxylic acids is 1.